The summed E-state index contributed by atoms with van der Waals surface area (Å²) in [7, 11) is 1.68. The summed E-state index contributed by atoms with van der Waals surface area (Å²) in [4.78, 5) is 4.85. The Bertz CT molecular complexity index is 901. The lowest BCUT2D eigenvalue weighted by Gasteiger charge is -2.10. The molecule has 1 aliphatic rings. The van der Waals surface area contributed by atoms with Gasteiger partial charge >= 0.3 is 0 Å². The maximum absolute atomic E-state index is 5.26. The molecular formula is C20H18N2O. The fourth-order valence-electron chi connectivity index (χ4n) is 3.01. The zero-order chi connectivity index (χ0) is 15.6. The van der Waals surface area contributed by atoms with Crippen molar-refractivity contribution in [2.45, 2.75) is 13.0 Å². The Kier molecular flexibility index (Phi) is 3.46. The lowest BCUT2D eigenvalue weighted by molar-refractivity contribution is 0.415. The highest BCUT2D eigenvalue weighted by atomic mass is 16.5. The van der Waals surface area contributed by atoms with Gasteiger partial charge < -0.3 is 9.30 Å². The van der Waals surface area contributed by atoms with Gasteiger partial charge in [0.25, 0.3) is 0 Å². The lowest BCUT2D eigenvalue weighted by Crippen LogP contribution is -2.02. The van der Waals surface area contributed by atoms with E-state index in [0.29, 0.717) is 0 Å². The molecule has 0 saturated heterocycles. The average molecular weight is 302 g/mol. The SMILES string of the molecule is COc1ccc(-c2nc3ccccc3n2CC2=CC=CC2)cc1. The molecule has 23 heavy (non-hydrogen) atoms. The van der Waals surface area contributed by atoms with E-state index in [-0.39, 0.29) is 0 Å². The normalized spacial score (nSPS) is 13.5. The third-order valence-electron chi connectivity index (χ3n) is 4.21. The van der Waals surface area contributed by atoms with Crippen LogP contribution in [-0.2, 0) is 6.54 Å². The van der Waals surface area contributed by atoms with Crippen LogP contribution in [-0.4, -0.2) is 16.7 Å². The van der Waals surface area contributed by atoms with Crippen molar-refractivity contribution >= 4 is 11.0 Å². The first-order valence-corrected chi connectivity index (χ1v) is 7.79. The van der Waals surface area contributed by atoms with E-state index in [4.69, 9.17) is 9.72 Å². The Morgan fingerprint density at radius 1 is 1.09 bits per heavy atom. The number of ether oxygens (including phenoxy) is 1. The van der Waals surface area contributed by atoms with Crippen molar-refractivity contribution in [3.63, 3.8) is 0 Å². The van der Waals surface area contributed by atoms with Gasteiger partial charge in [0, 0.05) is 12.1 Å². The van der Waals surface area contributed by atoms with Crippen LogP contribution in [0.25, 0.3) is 22.4 Å². The van der Waals surface area contributed by atoms with Crippen molar-refractivity contribution in [2.75, 3.05) is 7.11 Å². The van der Waals surface area contributed by atoms with E-state index in [9.17, 15) is 0 Å². The molecule has 3 heteroatoms. The first-order valence-electron chi connectivity index (χ1n) is 7.79. The number of hydrogen-bond donors (Lipinski definition) is 0. The number of para-hydroxylation sites is 2. The summed E-state index contributed by atoms with van der Waals surface area (Å²) in [6.07, 6.45) is 7.55. The van der Waals surface area contributed by atoms with Crippen LogP contribution in [0.5, 0.6) is 5.75 Å². The predicted molar refractivity (Wildman–Crippen MR) is 93.6 cm³/mol. The van der Waals surface area contributed by atoms with Crippen LogP contribution in [0.3, 0.4) is 0 Å². The van der Waals surface area contributed by atoms with E-state index < -0.39 is 0 Å². The molecule has 0 aliphatic heterocycles. The van der Waals surface area contributed by atoms with Crippen LogP contribution < -0.4 is 4.74 Å². The number of imidazole rings is 1. The van der Waals surface area contributed by atoms with Crippen molar-refractivity contribution < 1.29 is 4.74 Å². The van der Waals surface area contributed by atoms with Gasteiger partial charge in [-0.1, -0.05) is 30.4 Å². The van der Waals surface area contributed by atoms with Crippen LogP contribution in [0.4, 0.5) is 0 Å². The van der Waals surface area contributed by atoms with Gasteiger partial charge in [0.2, 0.25) is 0 Å². The molecule has 0 saturated carbocycles. The number of fused-ring (bicyclic) bond motifs is 1. The number of allylic oxidation sites excluding steroid dienone is 4. The lowest BCUT2D eigenvalue weighted by atomic mass is 10.2. The molecule has 0 N–H and O–H groups in total. The Hall–Kier alpha value is -2.81. The summed E-state index contributed by atoms with van der Waals surface area (Å²) in [6.45, 7) is 0.870. The molecule has 1 aliphatic carbocycles. The summed E-state index contributed by atoms with van der Waals surface area (Å²) >= 11 is 0. The molecule has 2 aromatic carbocycles. The maximum Gasteiger partial charge on any atom is 0.141 e. The summed E-state index contributed by atoms with van der Waals surface area (Å²) in [6, 6.07) is 16.4. The summed E-state index contributed by atoms with van der Waals surface area (Å²) in [5.74, 6) is 1.86. The Balaban J connectivity index is 1.83. The Labute approximate surface area is 135 Å². The summed E-state index contributed by atoms with van der Waals surface area (Å²) in [5, 5.41) is 0. The standard InChI is InChI=1S/C20H18N2O/c1-23-17-12-10-16(11-13-17)20-21-18-8-4-5-9-19(18)22(20)14-15-6-2-3-7-15/h2-6,8-13H,7,14H2,1H3. The van der Waals surface area contributed by atoms with Crippen molar-refractivity contribution in [1.29, 1.82) is 0 Å². The maximum atomic E-state index is 5.26. The van der Waals surface area contributed by atoms with Crippen LogP contribution in [0.15, 0.2) is 72.3 Å². The molecule has 0 bridgehead atoms. The Morgan fingerprint density at radius 3 is 2.65 bits per heavy atom. The van der Waals surface area contributed by atoms with Gasteiger partial charge in [0.15, 0.2) is 0 Å². The molecule has 3 nitrogen and oxygen atoms in total. The summed E-state index contributed by atoms with van der Waals surface area (Å²) < 4.78 is 7.56. The van der Waals surface area contributed by atoms with Crippen molar-refractivity contribution in [3.05, 3.63) is 72.3 Å². The highest BCUT2D eigenvalue weighted by Crippen LogP contribution is 2.28. The molecule has 3 aromatic rings. The molecular weight excluding hydrogens is 284 g/mol. The van der Waals surface area contributed by atoms with Crippen LogP contribution in [0.1, 0.15) is 6.42 Å². The molecule has 4 rings (SSSR count). The van der Waals surface area contributed by atoms with Gasteiger partial charge in [-0.15, -0.1) is 0 Å². The first-order chi connectivity index (χ1) is 11.3. The number of aromatic nitrogens is 2. The number of hydrogen-bond acceptors (Lipinski definition) is 2. The largest absolute Gasteiger partial charge is 0.497 e. The van der Waals surface area contributed by atoms with Crippen LogP contribution in [0, 0.1) is 0 Å². The highest BCUT2D eigenvalue weighted by molar-refractivity contribution is 5.80. The van der Waals surface area contributed by atoms with Crippen molar-refractivity contribution in [3.8, 4) is 17.1 Å². The van der Waals surface area contributed by atoms with E-state index in [1.54, 1.807) is 7.11 Å². The van der Waals surface area contributed by atoms with E-state index in [1.807, 2.05) is 18.2 Å². The smallest absolute Gasteiger partial charge is 0.141 e. The minimum absolute atomic E-state index is 0.860. The van der Waals surface area contributed by atoms with Gasteiger partial charge in [-0.3, -0.25) is 0 Å². The molecule has 0 fully saturated rings. The number of methoxy groups -OCH3 is 1. The molecule has 0 spiro atoms. The zero-order valence-corrected chi connectivity index (χ0v) is 13.1. The van der Waals surface area contributed by atoms with Crippen molar-refractivity contribution in [2.24, 2.45) is 0 Å². The average Bonchev–Trinajstić information content (AvgIpc) is 3.24. The van der Waals surface area contributed by atoms with Crippen molar-refractivity contribution in [1.82, 2.24) is 9.55 Å². The number of benzene rings is 2. The van der Waals surface area contributed by atoms with Crippen LogP contribution in [0.2, 0.25) is 0 Å². The van der Waals surface area contributed by atoms with E-state index in [1.165, 1.54) is 11.1 Å². The second kappa shape index (κ2) is 5.76. The fourth-order valence-corrected chi connectivity index (χ4v) is 3.01. The highest BCUT2D eigenvalue weighted by Gasteiger charge is 2.14. The molecule has 0 amide bonds. The molecule has 1 aromatic heterocycles. The Morgan fingerprint density at radius 2 is 1.91 bits per heavy atom. The van der Waals surface area contributed by atoms with Gasteiger partial charge in [-0.05, 0) is 48.4 Å². The minimum atomic E-state index is 0.860. The molecule has 0 radical (unpaired) electrons. The number of nitrogens with zero attached hydrogens (tertiary/aromatic N) is 2. The number of rotatable bonds is 4. The van der Waals surface area contributed by atoms with E-state index >= 15 is 0 Å². The first kappa shape index (κ1) is 13.8. The van der Waals surface area contributed by atoms with Crippen LogP contribution >= 0.6 is 0 Å². The quantitative estimate of drug-likeness (QED) is 0.704. The second-order valence-corrected chi connectivity index (χ2v) is 5.70. The second-order valence-electron chi connectivity index (χ2n) is 5.70. The third kappa shape index (κ3) is 2.55. The third-order valence-corrected chi connectivity index (χ3v) is 4.21. The monoisotopic (exact) mass is 302 g/mol. The molecule has 0 atom stereocenters. The van der Waals surface area contributed by atoms with Gasteiger partial charge in [-0.2, -0.15) is 0 Å². The van der Waals surface area contributed by atoms with Gasteiger partial charge in [0.05, 0.1) is 18.1 Å². The van der Waals surface area contributed by atoms with E-state index in [2.05, 4.69) is 53.1 Å². The molecule has 1 heterocycles. The zero-order valence-electron chi connectivity index (χ0n) is 13.1. The van der Waals surface area contributed by atoms with Gasteiger partial charge in [0.1, 0.15) is 11.6 Å². The van der Waals surface area contributed by atoms with E-state index in [0.717, 1.165) is 35.6 Å². The van der Waals surface area contributed by atoms with Gasteiger partial charge in [-0.25, -0.2) is 4.98 Å². The predicted octanol–water partition coefficient (Wildman–Crippen LogP) is 4.60. The molecule has 114 valence electrons. The minimum Gasteiger partial charge on any atom is -0.497 e. The summed E-state index contributed by atoms with van der Waals surface area (Å²) in [5.41, 5.74) is 4.72. The fraction of sp³-hybridized carbons (Fsp3) is 0.150. The topological polar surface area (TPSA) is 27.1 Å². The molecule has 0 unspecified atom stereocenters.